The molecule has 0 aliphatic rings. The van der Waals surface area contributed by atoms with Gasteiger partial charge in [-0.3, -0.25) is 4.79 Å². The zero-order valence-corrected chi connectivity index (χ0v) is 14.3. The van der Waals surface area contributed by atoms with E-state index in [0.29, 0.717) is 5.75 Å². The van der Waals surface area contributed by atoms with Crippen LogP contribution >= 0.6 is 0 Å². The Hall–Kier alpha value is -3.73. The van der Waals surface area contributed by atoms with Gasteiger partial charge in [0.05, 0.1) is 6.20 Å². The van der Waals surface area contributed by atoms with Gasteiger partial charge < -0.3 is 10.1 Å². The number of aryl methyl sites for hydroxylation is 2. The summed E-state index contributed by atoms with van der Waals surface area (Å²) in [5.74, 6) is 0.647. The molecular formula is C18H16N6O2. The average Bonchev–Trinajstić information content (AvgIpc) is 3.02. The number of anilines is 1. The fraction of sp³-hybridized carbons (Fsp3) is 0.167. The van der Waals surface area contributed by atoms with Crippen molar-refractivity contribution >= 4 is 11.7 Å². The normalized spacial score (nSPS) is 10.2. The molecule has 0 unspecified atom stereocenters. The van der Waals surface area contributed by atoms with E-state index in [1.807, 2.05) is 44.2 Å². The van der Waals surface area contributed by atoms with Crippen LogP contribution in [0.1, 0.15) is 17.0 Å². The molecule has 130 valence electrons. The molecule has 3 aromatic rings. The molecule has 0 bridgehead atoms. The highest BCUT2D eigenvalue weighted by Gasteiger charge is 2.17. The van der Waals surface area contributed by atoms with Crippen molar-refractivity contribution in [1.82, 2.24) is 19.7 Å². The molecule has 0 aliphatic heterocycles. The van der Waals surface area contributed by atoms with E-state index in [-0.39, 0.29) is 23.9 Å². The summed E-state index contributed by atoms with van der Waals surface area (Å²) in [7, 11) is 0. The number of nitrogens with one attached hydrogen (secondary N) is 1. The molecule has 0 radical (unpaired) electrons. The lowest BCUT2D eigenvalue weighted by Crippen LogP contribution is -2.23. The topological polar surface area (TPSA) is 106 Å². The molecule has 0 fully saturated rings. The molecule has 1 aromatic carbocycles. The number of ether oxygens (including phenoxy) is 1. The third-order valence-electron chi connectivity index (χ3n) is 3.42. The average molecular weight is 348 g/mol. The van der Waals surface area contributed by atoms with E-state index in [4.69, 9.17) is 4.74 Å². The standard InChI is InChI=1S/C18H16N6O2/c1-12-8-13(2)22-18(21-12)24-17(14(9-19)10-20-24)23-16(25)11-26-15-6-4-3-5-7-15/h3-8,10H,11H2,1-2H3,(H,23,25). The highest BCUT2D eigenvalue weighted by Crippen LogP contribution is 2.18. The van der Waals surface area contributed by atoms with E-state index in [0.717, 1.165) is 11.4 Å². The fourth-order valence-electron chi connectivity index (χ4n) is 2.34. The number of carbonyl (C=O) groups excluding carboxylic acids is 1. The Balaban J connectivity index is 1.82. The Kier molecular flexibility index (Phi) is 4.90. The van der Waals surface area contributed by atoms with Crippen LogP contribution in [0.25, 0.3) is 5.95 Å². The number of benzene rings is 1. The van der Waals surface area contributed by atoms with E-state index in [1.165, 1.54) is 10.9 Å². The maximum absolute atomic E-state index is 12.2. The lowest BCUT2D eigenvalue weighted by atomic mass is 10.3. The van der Waals surface area contributed by atoms with Crippen molar-refractivity contribution in [2.24, 2.45) is 0 Å². The Morgan fingerprint density at radius 1 is 1.23 bits per heavy atom. The highest BCUT2D eigenvalue weighted by atomic mass is 16.5. The number of hydrogen-bond donors (Lipinski definition) is 1. The molecule has 0 spiro atoms. The number of aromatic nitrogens is 4. The van der Waals surface area contributed by atoms with Crippen molar-refractivity contribution < 1.29 is 9.53 Å². The minimum Gasteiger partial charge on any atom is -0.484 e. The third-order valence-corrected chi connectivity index (χ3v) is 3.42. The number of nitriles is 1. The number of rotatable bonds is 5. The van der Waals surface area contributed by atoms with E-state index in [1.54, 1.807) is 12.1 Å². The Bertz CT molecular complexity index is 955. The largest absolute Gasteiger partial charge is 0.484 e. The molecule has 0 saturated carbocycles. The van der Waals surface area contributed by atoms with E-state index < -0.39 is 5.91 Å². The third kappa shape index (κ3) is 3.84. The van der Waals surface area contributed by atoms with E-state index >= 15 is 0 Å². The molecule has 26 heavy (non-hydrogen) atoms. The van der Waals surface area contributed by atoms with Gasteiger partial charge in [-0.05, 0) is 32.0 Å². The number of nitrogens with zero attached hydrogens (tertiary/aromatic N) is 5. The molecule has 8 heteroatoms. The lowest BCUT2D eigenvalue weighted by molar-refractivity contribution is -0.118. The summed E-state index contributed by atoms with van der Waals surface area (Å²) in [6.45, 7) is 3.46. The van der Waals surface area contributed by atoms with Crippen LogP contribution in [0.4, 0.5) is 5.82 Å². The Morgan fingerprint density at radius 2 is 1.92 bits per heavy atom. The molecule has 1 amide bonds. The van der Waals surface area contributed by atoms with Crippen LogP contribution in [-0.4, -0.2) is 32.3 Å². The summed E-state index contributed by atoms with van der Waals surface area (Å²) in [5.41, 5.74) is 1.72. The van der Waals surface area contributed by atoms with Gasteiger partial charge in [0.1, 0.15) is 17.4 Å². The molecular weight excluding hydrogens is 332 g/mol. The van der Waals surface area contributed by atoms with E-state index in [2.05, 4.69) is 20.4 Å². The number of amides is 1. The monoisotopic (exact) mass is 348 g/mol. The van der Waals surface area contributed by atoms with Gasteiger partial charge in [-0.1, -0.05) is 18.2 Å². The van der Waals surface area contributed by atoms with Gasteiger partial charge in [-0.2, -0.15) is 15.0 Å². The second-order valence-electron chi connectivity index (χ2n) is 5.53. The summed E-state index contributed by atoms with van der Waals surface area (Å²) in [6, 6.07) is 12.8. The van der Waals surface area contributed by atoms with Crippen molar-refractivity contribution in [2.75, 3.05) is 11.9 Å². The lowest BCUT2D eigenvalue weighted by Gasteiger charge is -2.10. The minimum absolute atomic E-state index is 0.201. The predicted molar refractivity (Wildman–Crippen MR) is 93.9 cm³/mol. The summed E-state index contributed by atoms with van der Waals surface area (Å²) in [5, 5.41) is 16.1. The quantitative estimate of drug-likeness (QED) is 0.757. The van der Waals surface area contributed by atoms with Crippen LogP contribution in [0.2, 0.25) is 0 Å². The van der Waals surface area contributed by atoms with Gasteiger partial charge in [0.2, 0.25) is 0 Å². The molecule has 0 aliphatic carbocycles. The maximum atomic E-state index is 12.2. The minimum atomic E-state index is -0.420. The van der Waals surface area contributed by atoms with Crippen LogP contribution in [0.5, 0.6) is 5.75 Å². The van der Waals surface area contributed by atoms with Gasteiger partial charge in [-0.25, -0.2) is 9.97 Å². The van der Waals surface area contributed by atoms with Crippen molar-refractivity contribution in [3.8, 4) is 17.8 Å². The molecule has 1 N–H and O–H groups in total. The van der Waals surface area contributed by atoms with Crippen molar-refractivity contribution in [1.29, 1.82) is 5.26 Å². The van der Waals surface area contributed by atoms with Crippen LogP contribution < -0.4 is 10.1 Å². The molecule has 0 saturated heterocycles. The number of carbonyl (C=O) groups is 1. The van der Waals surface area contributed by atoms with Crippen LogP contribution in [0.3, 0.4) is 0 Å². The van der Waals surface area contributed by atoms with Crippen molar-refractivity contribution in [3.63, 3.8) is 0 Å². The highest BCUT2D eigenvalue weighted by molar-refractivity contribution is 5.92. The second kappa shape index (κ2) is 7.44. The smallest absolute Gasteiger partial charge is 0.263 e. The van der Waals surface area contributed by atoms with Gasteiger partial charge in [0.15, 0.2) is 12.4 Å². The molecule has 0 atom stereocenters. The van der Waals surface area contributed by atoms with Gasteiger partial charge >= 0.3 is 0 Å². The zero-order valence-electron chi connectivity index (χ0n) is 14.3. The van der Waals surface area contributed by atoms with Crippen LogP contribution in [-0.2, 0) is 4.79 Å². The molecule has 2 aromatic heterocycles. The summed E-state index contributed by atoms with van der Waals surface area (Å²) < 4.78 is 6.75. The molecule has 8 nitrogen and oxygen atoms in total. The fourth-order valence-corrected chi connectivity index (χ4v) is 2.34. The Labute approximate surface area is 150 Å². The van der Waals surface area contributed by atoms with Crippen molar-refractivity contribution in [3.05, 3.63) is 59.5 Å². The second-order valence-corrected chi connectivity index (χ2v) is 5.53. The maximum Gasteiger partial charge on any atom is 0.263 e. The summed E-state index contributed by atoms with van der Waals surface area (Å²) in [6.07, 6.45) is 1.36. The van der Waals surface area contributed by atoms with Gasteiger partial charge in [0.25, 0.3) is 11.9 Å². The number of hydrogen-bond acceptors (Lipinski definition) is 6. The zero-order chi connectivity index (χ0) is 18.5. The first-order valence-corrected chi connectivity index (χ1v) is 7.85. The summed E-state index contributed by atoms with van der Waals surface area (Å²) >= 11 is 0. The SMILES string of the molecule is Cc1cc(C)nc(-n2ncc(C#N)c2NC(=O)COc2ccccc2)n1. The number of para-hydroxylation sites is 1. The predicted octanol–water partition coefficient (Wildman–Crippen LogP) is 2.17. The van der Waals surface area contributed by atoms with Crippen LogP contribution in [0, 0.1) is 25.2 Å². The van der Waals surface area contributed by atoms with Crippen molar-refractivity contribution in [2.45, 2.75) is 13.8 Å². The van der Waals surface area contributed by atoms with Gasteiger partial charge in [-0.15, -0.1) is 0 Å². The van der Waals surface area contributed by atoms with E-state index in [9.17, 15) is 10.1 Å². The summed E-state index contributed by atoms with van der Waals surface area (Å²) in [4.78, 5) is 20.9. The first-order chi connectivity index (χ1) is 12.6. The van der Waals surface area contributed by atoms with Crippen LogP contribution in [0.15, 0.2) is 42.6 Å². The van der Waals surface area contributed by atoms with Gasteiger partial charge in [0, 0.05) is 11.4 Å². The molecule has 3 rings (SSSR count). The molecule has 2 heterocycles. The Morgan fingerprint density at radius 3 is 2.58 bits per heavy atom. The first-order valence-electron chi connectivity index (χ1n) is 7.85. The first kappa shape index (κ1) is 17.1.